The highest BCUT2D eigenvalue weighted by molar-refractivity contribution is 7.92. The molecular weight excluding hydrogens is 602 g/mol. The second kappa shape index (κ2) is 11.1. The molecule has 7 nitrogen and oxygen atoms in total. The van der Waals surface area contributed by atoms with Crippen molar-refractivity contribution in [3.63, 3.8) is 0 Å². The summed E-state index contributed by atoms with van der Waals surface area (Å²) in [4.78, 5) is 11.7. The Balaban J connectivity index is 1.60. The minimum atomic E-state index is -4.82. The van der Waals surface area contributed by atoms with Crippen LogP contribution in [-0.4, -0.2) is 33.6 Å². The Morgan fingerprint density at radius 2 is 1.77 bits per heavy atom. The monoisotopic (exact) mass is 626 g/mol. The number of carbonyl (C=O) groups excluding carboxylic acids is 1. The lowest BCUT2D eigenvalue weighted by Gasteiger charge is -2.39. The number of anilines is 1. The first-order valence-corrected chi connectivity index (χ1v) is 14.3. The van der Waals surface area contributed by atoms with E-state index in [1.54, 1.807) is 12.2 Å². The van der Waals surface area contributed by atoms with E-state index in [-0.39, 0.29) is 29.0 Å². The Bertz CT molecular complexity index is 1680. The van der Waals surface area contributed by atoms with E-state index < -0.39 is 68.8 Å². The van der Waals surface area contributed by atoms with E-state index in [1.807, 2.05) is 0 Å². The molecule has 0 bridgehead atoms. The number of ether oxygens (including phenoxy) is 2. The predicted molar refractivity (Wildman–Crippen MR) is 143 cm³/mol. The van der Waals surface area contributed by atoms with Gasteiger partial charge in [0.2, 0.25) is 5.91 Å². The second-order valence-corrected chi connectivity index (χ2v) is 12.1. The molecule has 228 valence electrons. The van der Waals surface area contributed by atoms with E-state index in [0.29, 0.717) is 18.9 Å². The zero-order chi connectivity index (χ0) is 31.2. The average molecular weight is 627 g/mol. The third kappa shape index (κ3) is 6.14. The average Bonchev–Trinajstić information content (AvgIpc) is 3.41. The molecule has 0 fully saturated rings. The molecule has 2 N–H and O–H groups in total. The summed E-state index contributed by atoms with van der Waals surface area (Å²) in [5.41, 5.74) is 3.61. The van der Waals surface area contributed by atoms with Gasteiger partial charge in [-0.1, -0.05) is 24.3 Å². The Morgan fingerprint density at radius 3 is 2.42 bits per heavy atom. The van der Waals surface area contributed by atoms with Gasteiger partial charge in [0.25, 0.3) is 10.0 Å². The first-order chi connectivity index (χ1) is 20.2. The third-order valence-electron chi connectivity index (χ3n) is 7.39. The molecule has 1 heterocycles. The van der Waals surface area contributed by atoms with Crippen LogP contribution in [0.25, 0.3) is 11.1 Å². The van der Waals surface area contributed by atoms with E-state index in [9.17, 15) is 39.6 Å². The van der Waals surface area contributed by atoms with E-state index in [0.717, 1.165) is 40.7 Å². The van der Waals surface area contributed by atoms with Crippen molar-refractivity contribution < 1.29 is 49.0 Å². The minimum Gasteiger partial charge on any atom is -0.486 e. The van der Waals surface area contributed by atoms with E-state index >= 15 is 0 Å². The standard InChI is InChI=1S/C29H24F6N2O5S/c30-20-10-18(11-21(14-20)42-27(31)32)17-6-7-25-24(12-17)37(16-22(41-25)15-28(26(36)38)8-1-2-9-28)43(39,40)23-5-3-4-19(13-23)29(33,34)35/h1-7,10-14,22,27H,8-9,15-16H2,(H2,36,38)/t22-/m0/s1. The molecule has 3 aromatic carbocycles. The van der Waals surface area contributed by atoms with Crippen LogP contribution in [0.2, 0.25) is 0 Å². The van der Waals surface area contributed by atoms with Gasteiger partial charge in [-0.2, -0.15) is 22.0 Å². The summed E-state index contributed by atoms with van der Waals surface area (Å²) in [6, 6.07) is 10.2. The highest BCUT2D eigenvalue weighted by Gasteiger charge is 2.44. The number of fused-ring (bicyclic) bond motifs is 1. The van der Waals surface area contributed by atoms with Crippen molar-refractivity contribution in [2.45, 2.75) is 43.0 Å². The Labute approximate surface area is 242 Å². The fraction of sp³-hybridized carbons (Fsp3) is 0.276. The summed E-state index contributed by atoms with van der Waals surface area (Å²) >= 11 is 0. The van der Waals surface area contributed by atoms with Gasteiger partial charge in [0.05, 0.1) is 28.1 Å². The van der Waals surface area contributed by atoms with Gasteiger partial charge in [-0.15, -0.1) is 0 Å². The molecule has 0 radical (unpaired) electrons. The molecule has 43 heavy (non-hydrogen) atoms. The summed E-state index contributed by atoms with van der Waals surface area (Å²) in [6.07, 6.45) is -1.57. The fourth-order valence-electron chi connectivity index (χ4n) is 5.29. The van der Waals surface area contributed by atoms with Crippen LogP contribution in [0.4, 0.5) is 32.0 Å². The van der Waals surface area contributed by atoms with Gasteiger partial charge in [-0.25, -0.2) is 12.8 Å². The third-order valence-corrected chi connectivity index (χ3v) is 9.17. The number of nitrogens with two attached hydrogens (primary N) is 1. The molecule has 5 rings (SSSR count). The van der Waals surface area contributed by atoms with Crippen LogP contribution in [0.1, 0.15) is 24.8 Å². The summed E-state index contributed by atoms with van der Waals surface area (Å²) in [7, 11) is -4.67. The molecule has 1 aliphatic carbocycles. The van der Waals surface area contributed by atoms with Gasteiger partial charge in [-0.3, -0.25) is 9.10 Å². The zero-order valence-corrected chi connectivity index (χ0v) is 23.0. The molecule has 1 amide bonds. The Morgan fingerprint density at radius 1 is 1.05 bits per heavy atom. The van der Waals surface area contributed by atoms with Crippen molar-refractivity contribution in [3.8, 4) is 22.6 Å². The first kappa shape index (κ1) is 30.3. The topological polar surface area (TPSA) is 98.9 Å². The van der Waals surface area contributed by atoms with Gasteiger partial charge in [-0.05, 0) is 66.4 Å². The number of primary amides is 1. The summed E-state index contributed by atoms with van der Waals surface area (Å²) < 4.78 is 119. The summed E-state index contributed by atoms with van der Waals surface area (Å²) in [5.74, 6) is -1.98. The lowest BCUT2D eigenvalue weighted by atomic mass is 9.79. The molecule has 0 saturated heterocycles. The van der Waals surface area contributed by atoms with E-state index in [2.05, 4.69) is 4.74 Å². The molecule has 1 aliphatic heterocycles. The minimum absolute atomic E-state index is 0.0154. The number of rotatable bonds is 8. The fourth-order valence-corrected chi connectivity index (χ4v) is 6.84. The molecule has 0 spiro atoms. The number of hydrogen-bond donors (Lipinski definition) is 1. The van der Waals surface area contributed by atoms with Crippen LogP contribution in [0.15, 0.2) is 77.7 Å². The van der Waals surface area contributed by atoms with Crippen LogP contribution in [0, 0.1) is 11.2 Å². The number of nitrogens with zero attached hydrogens (tertiary/aromatic N) is 1. The number of sulfonamides is 1. The highest BCUT2D eigenvalue weighted by atomic mass is 32.2. The van der Waals surface area contributed by atoms with Gasteiger partial charge in [0, 0.05) is 12.5 Å². The smallest absolute Gasteiger partial charge is 0.416 e. The van der Waals surface area contributed by atoms with Gasteiger partial charge in [0.1, 0.15) is 23.4 Å². The number of carbonyl (C=O) groups is 1. The van der Waals surface area contributed by atoms with Crippen LogP contribution in [0.5, 0.6) is 11.5 Å². The number of hydrogen-bond acceptors (Lipinski definition) is 5. The van der Waals surface area contributed by atoms with E-state index in [4.69, 9.17) is 10.5 Å². The number of allylic oxidation sites excluding steroid dienone is 2. The van der Waals surface area contributed by atoms with Crippen molar-refractivity contribution in [1.29, 1.82) is 0 Å². The molecule has 0 aromatic heterocycles. The number of alkyl halides is 5. The first-order valence-electron chi connectivity index (χ1n) is 12.9. The van der Waals surface area contributed by atoms with Crippen molar-refractivity contribution in [2.75, 3.05) is 10.8 Å². The maximum Gasteiger partial charge on any atom is 0.416 e. The van der Waals surface area contributed by atoms with Gasteiger partial charge >= 0.3 is 12.8 Å². The number of amides is 1. The van der Waals surface area contributed by atoms with Crippen LogP contribution in [0.3, 0.4) is 0 Å². The lowest BCUT2D eigenvalue weighted by Crippen LogP contribution is -2.47. The molecule has 14 heteroatoms. The summed E-state index contributed by atoms with van der Waals surface area (Å²) in [6.45, 7) is -3.62. The number of benzene rings is 3. The molecular formula is C29H24F6N2O5S. The lowest BCUT2D eigenvalue weighted by molar-refractivity contribution is -0.137. The summed E-state index contributed by atoms with van der Waals surface area (Å²) in [5, 5.41) is 0. The van der Waals surface area contributed by atoms with E-state index in [1.165, 1.54) is 18.2 Å². The van der Waals surface area contributed by atoms with Gasteiger partial charge in [0.15, 0.2) is 0 Å². The van der Waals surface area contributed by atoms with Gasteiger partial charge < -0.3 is 15.2 Å². The van der Waals surface area contributed by atoms with Crippen molar-refractivity contribution in [1.82, 2.24) is 0 Å². The molecule has 0 saturated carbocycles. The predicted octanol–water partition coefficient (Wildman–Crippen LogP) is 6.28. The molecule has 1 atom stereocenters. The molecule has 2 aliphatic rings. The van der Waals surface area contributed by atoms with Crippen molar-refractivity contribution in [3.05, 3.63) is 84.2 Å². The van der Waals surface area contributed by atoms with Crippen molar-refractivity contribution in [2.24, 2.45) is 11.1 Å². The second-order valence-electron chi connectivity index (χ2n) is 10.3. The SMILES string of the molecule is NC(=O)C1(C[C@H]2CN(S(=O)(=O)c3cccc(C(F)(F)F)c3)c3cc(-c4cc(F)cc(OC(F)F)c4)ccc3O2)CC=CC1. The maximum atomic E-state index is 14.3. The van der Waals surface area contributed by atoms with Crippen LogP contribution in [-0.2, 0) is 21.0 Å². The zero-order valence-electron chi connectivity index (χ0n) is 22.2. The Kier molecular flexibility index (Phi) is 7.84. The van der Waals surface area contributed by atoms with Crippen molar-refractivity contribution >= 4 is 21.6 Å². The van der Waals surface area contributed by atoms with Crippen LogP contribution >= 0.6 is 0 Å². The largest absolute Gasteiger partial charge is 0.486 e. The Hall–Kier alpha value is -4.20. The highest BCUT2D eigenvalue weighted by Crippen LogP contribution is 2.45. The quantitative estimate of drug-likeness (QED) is 0.235. The maximum absolute atomic E-state index is 14.3. The van der Waals surface area contributed by atoms with Crippen LogP contribution < -0.4 is 19.5 Å². The number of halogens is 6. The normalized spacial score (nSPS) is 17.9. The molecule has 3 aromatic rings. The molecule has 0 unspecified atom stereocenters.